The van der Waals surface area contributed by atoms with Crippen molar-refractivity contribution in [1.29, 1.82) is 0 Å². The van der Waals surface area contributed by atoms with Crippen molar-refractivity contribution in [3.05, 3.63) is 23.2 Å². The summed E-state index contributed by atoms with van der Waals surface area (Å²) in [6.07, 6.45) is 1.18. The van der Waals surface area contributed by atoms with E-state index in [0.717, 1.165) is 30.3 Å². The Labute approximate surface area is 89.9 Å². The predicted molar refractivity (Wildman–Crippen MR) is 62.4 cm³/mol. The monoisotopic (exact) mass is 210 g/mol. The molecule has 0 saturated heterocycles. The molecule has 0 bridgehead atoms. The van der Waals surface area contributed by atoms with Crippen molar-refractivity contribution in [2.75, 3.05) is 29.9 Å². The Balaban J connectivity index is 2.30. The standard InChI is InChI=1S/C11H15ClN2/c1-2-6-14-7-5-13-10-8-9(12)3-4-11(10)14/h3-4,8,13H,2,5-7H2,1H3. The number of rotatable bonds is 2. The van der Waals surface area contributed by atoms with Crippen molar-refractivity contribution in [3.63, 3.8) is 0 Å². The molecule has 1 aromatic carbocycles. The maximum absolute atomic E-state index is 5.94. The molecule has 14 heavy (non-hydrogen) atoms. The molecule has 0 saturated carbocycles. The van der Waals surface area contributed by atoms with Crippen LogP contribution in [0.25, 0.3) is 0 Å². The number of fused-ring (bicyclic) bond motifs is 1. The third-order valence-corrected chi connectivity index (χ3v) is 2.73. The van der Waals surface area contributed by atoms with Crippen molar-refractivity contribution in [2.24, 2.45) is 0 Å². The van der Waals surface area contributed by atoms with Gasteiger partial charge in [0.1, 0.15) is 0 Å². The van der Waals surface area contributed by atoms with Gasteiger partial charge >= 0.3 is 0 Å². The molecule has 1 heterocycles. The van der Waals surface area contributed by atoms with Crippen LogP contribution in [0.4, 0.5) is 11.4 Å². The van der Waals surface area contributed by atoms with Crippen molar-refractivity contribution in [1.82, 2.24) is 0 Å². The minimum atomic E-state index is 0.801. The SMILES string of the molecule is CCCN1CCNc2cc(Cl)ccc21. The van der Waals surface area contributed by atoms with Crippen LogP contribution in [0.2, 0.25) is 5.02 Å². The lowest BCUT2D eigenvalue weighted by Crippen LogP contribution is -2.34. The van der Waals surface area contributed by atoms with Crippen molar-refractivity contribution < 1.29 is 0 Å². The number of benzene rings is 1. The van der Waals surface area contributed by atoms with E-state index >= 15 is 0 Å². The highest BCUT2D eigenvalue weighted by Gasteiger charge is 2.15. The largest absolute Gasteiger partial charge is 0.382 e. The van der Waals surface area contributed by atoms with Crippen molar-refractivity contribution in [3.8, 4) is 0 Å². The van der Waals surface area contributed by atoms with Crippen LogP contribution in [0, 0.1) is 0 Å². The molecule has 1 aromatic rings. The first-order valence-corrected chi connectivity index (χ1v) is 5.47. The fourth-order valence-corrected chi connectivity index (χ4v) is 2.05. The normalized spacial score (nSPS) is 14.9. The lowest BCUT2D eigenvalue weighted by Gasteiger charge is -2.31. The van der Waals surface area contributed by atoms with Crippen LogP contribution in [0.5, 0.6) is 0 Å². The Morgan fingerprint density at radius 3 is 3.14 bits per heavy atom. The summed E-state index contributed by atoms with van der Waals surface area (Å²) < 4.78 is 0. The van der Waals surface area contributed by atoms with E-state index in [-0.39, 0.29) is 0 Å². The molecule has 1 aliphatic heterocycles. The Kier molecular flexibility index (Phi) is 2.82. The number of nitrogens with one attached hydrogen (secondary N) is 1. The molecule has 2 nitrogen and oxygen atoms in total. The van der Waals surface area contributed by atoms with Gasteiger partial charge in [-0.1, -0.05) is 18.5 Å². The average molecular weight is 211 g/mol. The van der Waals surface area contributed by atoms with Gasteiger partial charge in [-0.15, -0.1) is 0 Å². The summed E-state index contributed by atoms with van der Waals surface area (Å²) in [5.41, 5.74) is 2.44. The van der Waals surface area contributed by atoms with Gasteiger partial charge in [-0.3, -0.25) is 0 Å². The summed E-state index contributed by atoms with van der Waals surface area (Å²) >= 11 is 5.94. The van der Waals surface area contributed by atoms with Gasteiger partial charge in [-0.05, 0) is 24.6 Å². The van der Waals surface area contributed by atoms with E-state index in [0.29, 0.717) is 0 Å². The minimum absolute atomic E-state index is 0.801. The van der Waals surface area contributed by atoms with Crippen LogP contribution in [-0.4, -0.2) is 19.6 Å². The minimum Gasteiger partial charge on any atom is -0.382 e. The third-order valence-electron chi connectivity index (χ3n) is 2.49. The van der Waals surface area contributed by atoms with Gasteiger partial charge in [0.25, 0.3) is 0 Å². The molecule has 0 atom stereocenters. The lowest BCUT2D eigenvalue weighted by atomic mass is 10.2. The fraction of sp³-hybridized carbons (Fsp3) is 0.455. The molecule has 0 aromatic heterocycles. The van der Waals surface area contributed by atoms with Crippen molar-refractivity contribution in [2.45, 2.75) is 13.3 Å². The van der Waals surface area contributed by atoms with E-state index in [2.05, 4.69) is 23.2 Å². The average Bonchev–Trinajstić information content (AvgIpc) is 2.18. The molecule has 0 aliphatic carbocycles. The van der Waals surface area contributed by atoms with E-state index in [1.165, 1.54) is 12.1 Å². The molecule has 0 amide bonds. The highest BCUT2D eigenvalue weighted by molar-refractivity contribution is 6.31. The summed E-state index contributed by atoms with van der Waals surface area (Å²) in [5.74, 6) is 0. The molecule has 0 fully saturated rings. The van der Waals surface area contributed by atoms with Crippen LogP contribution in [-0.2, 0) is 0 Å². The molecular formula is C11H15ClN2. The number of anilines is 2. The van der Waals surface area contributed by atoms with E-state index in [1.807, 2.05) is 12.1 Å². The fourth-order valence-electron chi connectivity index (χ4n) is 1.87. The van der Waals surface area contributed by atoms with Gasteiger partial charge in [-0.25, -0.2) is 0 Å². The number of halogens is 1. The van der Waals surface area contributed by atoms with E-state index in [1.54, 1.807) is 0 Å². The molecule has 0 unspecified atom stereocenters. The molecule has 2 rings (SSSR count). The van der Waals surface area contributed by atoms with E-state index < -0.39 is 0 Å². The topological polar surface area (TPSA) is 15.3 Å². The molecule has 0 spiro atoms. The molecule has 1 N–H and O–H groups in total. The van der Waals surface area contributed by atoms with Gasteiger partial charge in [0, 0.05) is 24.7 Å². The Morgan fingerprint density at radius 1 is 1.50 bits per heavy atom. The molecule has 3 heteroatoms. The van der Waals surface area contributed by atoms with Gasteiger partial charge in [0.05, 0.1) is 11.4 Å². The summed E-state index contributed by atoms with van der Waals surface area (Å²) in [4.78, 5) is 2.40. The molecule has 0 radical (unpaired) electrons. The van der Waals surface area contributed by atoms with E-state index in [9.17, 15) is 0 Å². The van der Waals surface area contributed by atoms with Gasteiger partial charge in [0.15, 0.2) is 0 Å². The molecular weight excluding hydrogens is 196 g/mol. The van der Waals surface area contributed by atoms with Crippen LogP contribution >= 0.6 is 11.6 Å². The third kappa shape index (κ3) is 1.80. The zero-order chi connectivity index (χ0) is 9.97. The maximum Gasteiger partial charge on any atom is 0.0603 e. The Hall–Kier alpha value is -0.890. The highest BCUT2D eigenvalue weighted by atomic mass is 35.5. The zero-order valence-corrected chi connectivity index (χ0v) is 9.14. The summed E-state index contributed by atoms with van der Waals surface area (Å²) in [6, 6.07) is 6.05. The maximum atomic E-state index is 5.94. The lowest BCUT2D eigenvalue weighted by molar-refractivity contribution is 0.760. The van der Waals surface area contributed by atoms with E-state index in [4.69, 9.17) is 11.6 Å². The van der Waals surface area contributed by atoms with Crippen LogP contribution in [0.1, 0.15) is 13.3 Å². The summed E-state index contributed by atoms with van der Waals surface area (Å²) in [6.45, 7) is 5.42. The first-order chi connectivity index (χ1) is 6.81. The van der Waals surface area contributed by atoms with Gasteiger partial charge in [0.2, 0.25) is 0 Å². The predicted octanol–water partition coefficient (Wildman–Crippen LogP) is 2.98. The number of hydrogen-bond donors (Lipinski definition) is 1. The van der Waals surface area contributed by atoms with Crippen LogP contribution in [0.3, 0.4) is 0 Å². The second-order valence-corrected chi connectivity index (χ2v) is 4.01. The van der Waals surface area contributed by atoms with Gasteiger partial charge < -0.3 is 10.2 Å². The number of nitrogens with zero attached hydrogens (tertiary/aromatic N) is 1. The Morgan fingerprint density at radius 2 is 2.36 bits per heavy atom. The van der Waals surface area contributed by atoms with Gasteiger partial charge in [-0.2, -0.15) is 0 Å². The van der Waals surface area contributed by atoms with Crippen LogP contribution < -0.4 is 10.2 Å². The second kappa shape index (κ2) is 4.09. The quantitative estimate of drug-likeness (QED) is 0.808. The summed E-state index contributed by atoms with van der Waals surface area (Å²) in [7, 11) is 0. The zero-order valence-electron chi connectivity index (χ0n) is 8.39. The summed E-state index contributed by atoms with van der Waals surface area (Å²) in [5, 5.41) is 4.17. The Bertz CT molecular complexity index is 325. The molecule has 76 valence electrons. The number of hydrogen-bond acceptors (Lipinski definition) is 2. The highest BCUT2D eigenvalue weighted by Crippen LogP contribution is 2.31. The van der Waals surface area contributed by atoms with Crippen molar-refractivity contribution >= 4 is 23.0 Å². The smallest absolute Gasteiger partial charge is 0.0603 e. The first-order valence-electron chi connectivity index (χ1n) is 5.09. The second-order valence-electron chi connectivity index (χ2n) is 3.58. The molecule has 1 aliphatic rings. The van der Waals surface area contributed by atoms with Crippen LogP contribution in [0.15, 0.2) is 18.2 Å². The first kappa shape index (κ1) is 9.66.